The number of benzene rings is 3. The van der Waals surface area contributed by atoms with E-state index in [1.807, 2.05) is 36.4 Å². The number of Topliss-reactive ketones (excluding diaryl/α,β-unsaturated/α-hetero) is 1. The summed E-state index contributed by atoms with van der Waals surface area (Å²) in [5.74, 6) is -1.60. The predicted molar refractivity (Wildman–Crippen MR) is 150 cm³/mol. The number of halogens is 2. The monoisotopic (exact) mass is 566 g/mol. The number of nitrogens with zero attached hydrogens (tertiary/aromatic N) is 2. The molecule has 6 nitrogen and oxygen atoms in total. The van der Waals surface area contributed by atoms with Crippen molar-refractivity contribution in [1.82, 2.24) is 9.13 Å². The first-order valence-corrected chi connectivity index (χ1v) is 12.9. The van der Waals surface area contributed by atoms with Crippen LogP contribution in [0.4, 0.5) is 0 Å². The fraction of sp³-hybridized carbons (Fsp3) is 0.0370. The van der Waals surface area contributed by atoms with Gasteiger partial charge >= 0.3 is 5.97 Å². The molecule has 10 heteroatoms. The summed E-state index contributed by atoms with van der Waals surface area (Å²) in [6.07, 6.45) is 0. The number of para-hydroxylation sites is 2. The summed E-state index contributed by atoms with van der Waals surface area (Å²) < 4.78 is 3.31. The number of carboxylic acid groups (broad SMARTS) is 1. The molecule has 37 heavy (non-hydrogen) atoms. The molecule has 0 amide bonds. The maximum atomic E-state index is 14.2. The molecule has 0 saturated carbocycles. The molecule has 184 valence electrons. The van der Waals surface area contributed by atoms with E-state index < -0.39 is 11.5 Å². The first kappa shape index (κ1) is 25.1. The minimum absolute atomic E-state index is 0.105. The van der Waals surface area contributed by atoms with Gasteiger partial charge in [-0.25, -0.2) is 4.79 Å². The average Bonchev–Trinajstić information content (AvgIpc) is 3.26. The summed E-state index contributed by atoms with van der Waals surface area (Å²) in [4.78, 5) is 39.6. The van der Waals surface area contributed by atoms with Gasteiger partial charge in [0, 0.05) is 16.8 Å². The lowest BCUT2D eigenvalue weighted by molar-refractivity contribution is 0.0697. The molecular formula is C27H16Cl2N2O4S2. The van der Waals surface area contributed by atoms with Gasteiger partial charge in [-0.05, 0) is 55.5 Å². The van der Waals surface area contributed by atoms with Crippen LogP contribution in [0.5, 0.6) is 0 Å². The van der Waals surface area contributed by atoms with Crippen LogP contribution in [0.25, 0.3) is 32.7 Å². The van der Waals surface area contributed by atoms with Crippen molar-refractivity contribution < 1.29 is 14.7 Å². The number of rotatable bonds is 5. The Bertz CT molecular complexity index is 1840. The van der Waals surface area contributed by atoms with Crippen LogP contribution < -0.4 is 5.56 Å². The Morgan fingerprint density at radius 3 is 1.97 bits per heavy atom. The SMILES string of the molecule is CC(=O)c1sc2c(c1-c1c(Cl)ccc(C(=O)O)c1Cl)c(=O)n(-c1ccccc1)c(=S)n2-c1ccccc1. The van der Waals surface area contributed by atoms with Crippen LogP contribution in [0.3, 0.4) is 0 Å². The van der Waals surface area contributed by atoms with Crippen molar-refractivity contribution in [2.24, 2.45) is 0 Å². The minimum atomic E-state index is -1.26. The maximum Gasteiger partial charge on any atom is 0.337 e. The summed E-state index contributed by atoms with van der Waals surface area (Å²) in [5.41, 5.74) is 0.816. The quantitative estimate of drug-likeness (QED) is 0.176. The van der Waals surface area contributed by atoms with Gasteiger partial charge in [-0.15, -0.1) is 11.3 Å². The zero-order chi connectivity index (χ0) is 26.4. The average molecular weight is 567 g/mol. The van der Waals surface area contributed by atoms with Crippen molar-refractivity contribution in [2.45, 2.75) is 6.92 Å². The van der Waals surface area contributed by atoms with Crippen LogP contribution in [0.1, 0.15) is 27.0 Å². The topological polar surface area (TPSA) is 81.3 Å². The van der Waals surface area contributed by atoms with Gasteiger partial charge < -0.3 is 5.11 Å². The number of carboxylic acids is 1. The van der Waals surface area contributed by atoms with E-state index in [-0.39, 0.29) is 47.6 Å². The summed E-state index contributed by atoms with van der Waals surface area (Å²) in [7, 11) is 0. The van der Waals surface area contributed by atoms with Gasteiger partial charge in [0.15, 0.2) is 10.6 Å². The third-order valence-corrected chi connectivity index (χ3v) is 8.16. The molecule has 2 aromatic heterocycles. The summed E-state index contributed by atoms with van der Waals surface area (Å²) in [5, 5.41) is 9.77. The van der Waals surface area contributed by atoms with E-state index in [4.69, 9.17) is 35.4 Å². The Hall–Kier alpha value is -3.56. The predicted octanol–water partition coefficient (Wildman–Crippen LogP) is 7.45. The van der Waals surface area contributed by atoms with Crippen molar-refractivity contribution in [3.05, 3.63) is 108 Å². The summed E-state index contributed by atoms with van der Waals surface area (Å²) in [6, 6.07) is 20.8. The number of aromatic nitrogens is 2. The number of hydrogen-bond acceptors (Lipinski definition) is 5. The highest BCUT2D eigenvalue weighted by Crippen LogP contribution is 2.45. The zero-order valence-corrected chi connectivity index (χ0v) is 22.2. The lowest BCUT2D eigenvalue weighted by atomic mass is 9.99. The lowest BCUT2D eigenvalue weighted by Gasteiger charge is -2.15. The number of thiophene rings is 1. The lowest BCUT2D eigenvalue weighted by Crippen LogP contribution is -2.23. The largest absolute Gasteiger partial charge is 0.478 e. The molecule has 5 rings (SSSR count). The smallest absolute Gasteiger partial charge is 0.337 e. The van der Waals surface area contributed by atoms with Crippen molar-refractivity contribution in [1.29, 1.82) is 0 Å². The number of aromatic carboxylic acids is 1. The fourth-order valence-electron chi connectivity index (χ4n) is 4.20. The first-order chi connectivity index (χ1) is 17.7. The second-order valence-electron chi connectivity index (χ2n) is 8.06. The molecular weight excluding hydrogens is 551 g/mol. The highest BCUT2D eigenvalue weighted by molar-refractivity contribution is 7.71. The number of carbonyl (C=O) groups is 2. The molecule has 0 aliphatic heterocycles. The maximum absolute atomic E-state index is 14.2. The highest BCUT2D eigenvalue weighted by Gasteiger charge is 2.29. The van der Waals surface area contributed by atoms with Gasteiger partial charge in [0.25, 0.3) is 5.56 Å². The normalized spacial score (nSPS) is 11.1. The number of ketones is 1. The molecule has 0 unspecified atom stereocenters. The van der Waals surface area contributed by atoms with Crippen molar-refractivity contribution >= 4 is 68.7 Å². The van der Waals surface area contributed by atoms with Crippen LogP contribution in [0.15, 0.2) is 77.6 Å². The fourth-order valence-corrected chi connectivity index (χ4v) is 6.50. The first-order valence-electron chi connectivity index (χ1n) is 10.9. The number of hydrogen-bond donors (Lipinski definition) is 1. The standard InChI is InChI=1S/C27H16Cl2N2O4S2/c1-14(32)23-20(19-18(28)13-12-17(22(19)29)26(34)35)21-24(33)30(15-8-4-2-5-9-15)27(36)31(25(21)37-23)16-10-6-3-7-11-16/h2-13H,1H3,(H,34,35). The molecule has 0 radical (unpaired) electrons. The summed E-state index contributed by atoms with van der Waals surface area (Å²) in [6.45, 7) is 1.37. The molecule has 0 aliphatic rings. The van der Waals surface area contributed by atoms with E-state index in [9.17, 15) is 19.5 Å². The van der Waals surface area contributed by atoms with Crippen LogP contribution >= 0.6 is 46.8 Å². The van der Waals surface area contributed by atoms with Gasteiger partial charge in [-0.3, -0.25) is 18.7 Å². The van der Waals surface area contributed by atoms with Crippen molar-refractivity contribution in [3.8, 4) is 22.5 Å². The molecule has 0 aliphatic carbocycles. The second-order valence-corrected chi connectivity index (χ2v) is 10.2. The van der Waals surface area contributed by atoms with E-state index in [2.05, 4.69) is 0 Å². The molecule has 0 fully saturated rings. The second kappa shape index (κ2) is 9.72. The minimum Gasteiger partial charge on any atom is -0.478 e. The van der Waals surface area contributed by atoms with E-state index in [0.717, 1.165) is 11.3 Å². The number of carbonyl (C=O) groups excluding carboxylic acids is 1. The molecule has 0 spiro atoms. The molecule has 0 bridgehead atoms. The van der Waals surface area contributed by atoms with E-state index >= 15 is 0 Å². The van der Waals surface area contributed by atoms with Crippen molar-refractivity contribution in [3.63, 3.8) is 0 Å². The Kier molecular flexibility index (Phi) is 6.59. The summed E-state index contributed by atoms with van der Waals surface area (Å²) >= 11 is 20.0. The highest BCUT2D eigenvalue weighted by atomic mass is 35.5. The van der Waals surface area contributed by atoms with Crippen LogP contribution in [-0.4, -0.2) is 26.0 Å². The van der Waals surface area contributed by atoms with Gasteiger partial charge in [-0.2, -0.15) is 0 Å². The van der Waals surface area contributed by atoms with E-state index in [0.29, 0.717) is 16.2 Å². The zero-order valence-electron chi connectivity index (χ0n) is 19.1. The third kappa shape index (κ3) is 4.12. The molecule has 2 heterocycles. The van der Waals surface area contributed by atoms with Crippen LogP contribution in [0, 0.1) is 4.77 Å². The number of fused-ring (bicyclic) bond motifs is 1. The Balaban J connectivity index is 2.07. The molecule has 1 N–H and O–H groups in total. The van der Waals surface area contributed by atoms with E-state index in [1.165, 1.54) is 23.6 Å². The van der Waals surface area contributed by atoms with Gasteiger partial charge in [-0.1, -0.05) is 59.6 Å². The Morgan fingerprint density at radius 2 is 1.43 bits per heavy atom. The van der Waals surface area contributed by atoms with Gasteiger partial charge in [0.05, 0.1) is 31.6 Å². The van der Waals surface area contributed by atoms with Crippen LogP contribution in [0.2, 0.25) is 10.0 Å². The molecule has 5 aromatic rings. The third-order valence-electron chi connectivity index (χ3n) is 5.81. The Labute approximate surface area is 229 Å². The van der Waals surface area contributed by atoms with Gasteiger partial charge in [0.1, 0.15) is 4.83 Å². The molecule has 0 saturated heterocycles. The Morgan fingerprint density at radius 1 is 0.865 bits per heavy atom. The van der Waals surface area contributed by atoms with Crippen LogP contribution in [-0.2, 0) is 0 Å². The molecule has 3 aromatic carbocycles. The van der Waals surface area contributed by atoms with Crippen molar-refractivity contribution in [2.75, 3.05) is 0 Å². The van der Waals surface area contributed by atoms with Gasteiger partial charge in [0.2, 0.25) is 0 Å². The molecule has 0 atom stereocenters. The van der Waals surface area contributed by atoms with E-state index in [1.54, 1.807) is 28.8 Å².